The van der Waals surface area contributed by atoms with E-state index in [-0.39, 0.29) is 18.4 Å². The lowest BCUT2D eigenvalue weighted by molar-refractivity contribution is -0.122. The van der Waals surface area contributed by atoms with E-state index in [0.29, 0.717) is 12.4 Å². The zero-order chi connectivity index (χ0) is 16.9. The van der Waals surface area contributed by atoms with Gasteiger partial charge in [-0.1, -0.05) is 0 Å². The summed E-state index contributed by atoms with van der Waals surface area (Å²) in [6, 6.07) is 7.13. The van der Waals surface area contributed by atoms with E-state index in [1.54, 1.807) is 7.11 Å². The number of hydrogen-bond donors (Lipinski definition) is 1. The van der Waals surface area contributed by atoms with Gasteiger partial charge in [0.2, 0.25) is 5.91 Å². The second-order valence-electron chi connectivity index (χ2n) is 5.79. The monoisotopic (exact) mass is 330 g/mol. The van der Waals surface area contributed by atoms with E-state index in [2.05, 4.69) is 20.1 Å². The molecule has 1 amide bonds. The number of carbonyl (C=O) groups is 1. The molecule has 128 valence electrons. The van der Waals surface area contributed by atoms with Crippen molar-refractivity contribution >= 4 is 5.91 Å². The highest BCUT2D eigenvalue weighted by atomic mass is 16.5. The van der Waals surface area contributed by atoms with Crippen LogP contribution in [-0.2, 0) is 17.8 Å². The van der Waals surface area contributed by atoms with E-state index < -0.39 is 0 Å². The molecule has 0 aliphatic carbocycles. The summed E-state index contributed by atoms with van der Waals surface area (Å²) < 4.78 is 12.8. The Balaban J connectivity index is 1.45. The summed E-state index contributed by atoms with van der Waals surface area (Å²) in [6.07, 6.45) is 2.34. The van der Waals surface area contributed by atoms with Crippen molar-refractivity contribution in [3.8, 4) is 11.5 Å². The Bertz CT molecular complexity index is 696. The SMILES string of the molecule is COc1ccc(OCCC(=O)N[C@@H](C)c2nnc3n2CCC3)cc1. The minimum absolute atomic E-state index is 0.0636. The van der Waals surface area contributed by atoms with Crippen LogP contribution in [0.25, 0.3) is 0 Å². The minimum atomic E-state index is -0.155. The number of nitrogens with zero attached hydrogens (tertiary/aromatic N) is 3. The van der Waals surface area contributed by atoms with Crippen LogP contribution >= 0.6 is 0 Å². The number of amides is 1. The van der Waals surface area contributed by atoms with Gasteiger partial charge < -0.3 is 19.4 Å². The highest BCUT2D eigenvalue weighted by Crippen LogP contribution is 2.19. The molecule has 3 rings (SSSR count). The molecule has 1 aromatic carbocycles. The molecule has 7 nitrogen and oxygen atoms in total. The summed E-state index contributed by atoms with van der Waals surface area (Å²) >= 11 is 0. The highest BCUT2D eigenvalue weighted by Gasteiger charge is 2.22. The molecule has 0 saturated heterocycles. The van der Waals surface area contributed by atoms with Crippen molar-refractivity contribution in [2.45, 2.75) is 38.8 Å². The third-order valence-corrected chi connectivity index (χ3v) is 4.06. The maximum atomic E-state index is 12.1. The molecule has 1 atom stereocenters. The molecule has 0 fully saturated rings. The first-order valence-electron chi connectivity index (χ1n) is 8.15. The number of hydrogen-bond acceptors (Lipinski definition) is 5. The third kappa shape index (κ3) is 3.67. The standard InChI is InChI=1S/C17H22N4O3/c1-12(17-20-19-15-4-3-10-21(15)17)18-16(22)9-11-24-14-7-5-13(23-2)6-8-14/h5-8,12H,3-4,9-11H2,1-2H3,(H,18,22)/t12-/m0/s1. The molecule has 2 heterocycles. The van der Waals surface area contributed by atoms with Crippen LogP contribution < -0.4 is 14.8 Å². The predicted octanol–water partition coefficient (Wildman–Crippen LogP) is 1.88. The minimum Gasteiger partial charge on any atom is -0.497 e. The van der Waals surface area contributed by atoms with Crippen molar-refractivity contribution in [2.24, 2.45) is 0 Å². The molecule has 0 unspecified atom stereocenters. The largest absolute Gasteiger partial charge is 0.497 e. The van der Waals surface area contributed by atoms with E-state index in [9.17, 15) is 4.79 Å². The number of fused-ring (bicyclic) bond motifs is 1. The van der Waals surface area contributed by atoms with Crippen LogP contribution in [0, 0.1) is 0 Å². The topological polar surface area (TPSA) is 78.3 Å². The maximum Gasteiger partial charge on any atom is 0.224 e. The quantitative estimate of drug-likeness (QED) is 0.838. The van der Waals surface area contributed by atoms with Gasteiger partial charge in [-0.15, -0.1) is 10.2 Å². The lowest BCUT2D eigenvalue weighted by Crippen LogP contribution is -2.29. The number of rotatable bonds is 7. The second kappa shape index (κ2) is 7.33. The molecule has 1 aliphatic rings. The fraction of sp³-hybridized carbons (Fsp3) is 0.471. The Morgan fingerprint density at radius 1 is 1.29 bits per heavy atom. The first kappa shape index (κ1) is 16.3. The molecule has 2 aromatic rings. The number of ether oxygens (including phenoxy) is 2. The van der Waals surface area contributed by atoms with Gasteiger partial charge in [-0.05, 0) is 37.6 Å². The number of methoxy groups -OCH3 is 1. The van der Waals surface area contributed by atoms with E-state index in [1.807, 2.05) is 31.2 Å². The lowest BCUT2D eigenvalue weighted by Gasteiger charge is -2.14. The van der Waals surface area contributed by atoms with Crippen molar-refractivity contribution in [3.63, 3.8) is 0 Å². The van der Waals surface area contributed by atoms with Crippen LogP contribution in [0.2, 0.25) is 0 Å². The predicted molar refractivity (Wildman–Crippen MR) is 88.0 cm³/mol. The summed E-state index contributed by atoms with van der Waals surface area (Å²) in [7, 11) is 1.62. The van der Waals surface area contributed by atoms with Gasteiger partial charge in [0.15, 0.2) is 5.82 Å². The number of nitrogens with one attached hydrogen (secondary N) is 1. The van der Waals surface area contributed by atoms with E-state index in [4.69, 9.17) is 9.47 Å². The summed E-state index contributed by atoms with van der Waals surface area (Å²) in [6.45, 7) is 3.18. The van der Waals surface area contributed by atoms with E-state index in [0.717, 1.165) is 36.8 Å². The number of benzene rings is 1. The van der Waals surface area contributed by atoms with Crippen molar-refractivity contribution in [2.75, 3.05) is 13.7 Å². The van der Waals surface area contributed by atoms with Crippen LogP contribution in [0.5, 0.6) is 11.5 Å². The van der Waals surface area contributed by atoms with Gasteiger partial charge in [-0.2, -0.15) is 0 Å². The van der Waals surface area contributed by atoms with Crippen LogP contribution in [0.1, 0.15) is 37.5 Å². The molecule has 1 aromatic heterocycles. The van der Waals surface area contributed by atoms with Crippen LogP contribution in [-0.4, -0.2) is 34.4 Å². The van der Waals surface area contributed by atoms with E-state index in [1.165, 1.54) is 0 Å². The van der Waals surface area contributed by atoms with Crippen molar-refractivity contribution < 1.29 is 14.3 Å². The Kier molecular flexibility index (Phi) is 4.98. The molecule has 0 spiro atoms. The van der Waals surface area contributed by atoms with Gasteiger partial charge >= 0.3 is 0 Å². The average molecular weight is 330 g/mol. The lowest BCUT2D eigenvalue weighted by atomic mass is 10.3. The second-order valence-corrected chi connectivity index (χ2v) is 5.79. The first-order valence-corrected chi connectivity index (χ1v) is 8.15. The molecule has 0 bridgehead atoms. The smallest absolute Gasteiger partial charge is 0.224 e. The molecule has 1 aliphatic heterocycles. The van der Waals surface area contributed by atoms with Crippen LogP contribution in [0.4, 0.5) is 0 Å². The van der Waals surface area contributed by atoms with Crippen molar-refractivity contribution in [1.29, 1.82) is 0 Å². The average Bonchev–Trinajstić information content (AvgIpc) is 3.18. The molecule has 24 heavy (non-hydrogen) atoms. The van der Waals surface area contributed by atoms with Gasteiger partial charge in [0.05, 0.1) is 26.2 Å². The fourth-order valence-corrected chi connectivity index (χ4v) is 2.81. The highest BCUT2D eigenvalue weighted by molar-refractivity contribution is 5.76. The first-order chi connectivity index (χ1) is 11.7. The number of carbonyl (C=O) groups excluding carboxylic acids is 1. The number of aryl methyl sites for hydroxylation is 1. The Morgan fingerprint density at radius 3 is 2.79 bits per heavy atom. The van der Waals surface area contributed by atoms with Crippen molar-refractivity contribution in [3.05, 3.63) is 35.9 Å². The maximum absolute atomic E-state index is 12.1. The van der Waals surface area contributed by atoms with Crippen LogP contribution in [0.15, 0.2) is 24.3 Å². The Labute approximate surface area is 141 Å². The molecule has 7 heteroatoms. The van der Waals surface area contributed by atoms with E-state index >= 15 is 0 Å². The summed E-state index contributed by atoms with van der Waals surface area (Å²) in [5.41, 5.74) is 0. The molecule has 0 radical (unpaired) electrons. The van der Waals surface area contributed by atoms with Gasteiger partial charge in [-0.3, -0.25) is 4.79 Å². The van der Waals surface area contributed by atoms with Crippen molar-refractivity contribution in [1.82, 2.24) is 20.1 Å². The van der Waals surface area contributed by atoms with Crippen LogP contribution in [0.3, 0.4) is 0 Å². The Hall–Kier alpha value is -2.57. The Morgan fingerprint density at radius 2 is 2.04 bits per heavy atom. The molecular formula is C17H22N4O3. The fourth-order valence-electron chi connectivity index (χ4n) is 2.81. The zero-order valence-corrected chi connectivity index (χ0v) is 14.0. The zero-order valence-electron chi connectivity index (χ0n) is 14.0. The van der Waals surface area contributed by atoms with Gasteiger partial charge in [-0.25, -0.2) is 0 Å². The summed E-state index contributed by atoms with van der Waals surface area (Å²) in [5.74, 6) is 3.26. The van der Waals surface area contributed by atoms with Gasteiger partial charge in [0, 0.05) is 13.0 Å². The summed E-state index contributed by atoms with van der Waals surface area (Å²) in [4.78, 5) is 12.1. The van der Waals surface area contributed by atoms with Gasteiger partial charge in [0.1, 0.15) is 17.3 Å². The molecular weight excluding hydrogens is 308 g/mol. The molecule has 1 N–H and O–H groups in total. The van der Waals surface area contributed by atoms with Gasteiger partial charge in [0.25, 0.3) is 0 Å². The molecule has 0 saturated carbocycles. The third-order valence-electron chi connectivity index (χ3n) is 4.06. The number of aromatic nitrogens is 3. The normalized spacial score (nSPS) is 14.1. The summed E-state index contributed by atoms with van der Waals surface area (Å²) in [5, 5.41) is 11.3.